The first-order valence-electron chi connectivity index (χ1n) is 6.58. The summed E-state index contributed by atoms with van der Waals surface area (Å²) in [5.41, 5.74) is 2.35. The molecule has 1 spiro atoms. The molecule has 0 bridgehead atoms. The van der Waals surface area contributed by atoms with Gasteiger partial charge in [-0.25, -0.2) is 0 Å². The maximum Gasteiger partial charge on any atom is 0.0871 e. The summed E-state index contributed by atoms with van der Waals surface area (Å²) in [4.78, 5) is 0. The second-order valence-electron chi connectivity index (χ2n) is 4.84. The number of aliphatic hydroxyl groups is 1. The Morgan fingerprint density at radius 2 is 1.95 bits per heavy atom. The van der Waals surface area contributed by atoms with Gasteiger partial charge in [-0.2, -0.15) is 0 Å². The van der Waals surface area contributed by atoms with Crippen LogP contribution in [-0.4, -0.2) is 33.4 Å². The van der Waals surface area contributed by atoms with Crippen LogP contribution in [0.4, 0.5) is 0 Å². The SMILES string of the molecule is OCC1=CC(OCc2ccccc2)CC12SCCS2. The van der Waals surface area contributed by atoms with Crippen molar-refractivity contribution in [3.8, 4) is 0 Å². The van der Waals surface area contributed by atoms with Gasteiger partial charge in [0.25, 0.3) is 0 Å². The minimum Gasteiger partial charge on any atom is -0.392 e. The molecule has 1 atom stereocenters. The highest BCUT2D eigenvalue weighted by atomic mass is 32.2. The Bertz CT molecular complexity index is 452. The largest absolute Gasteiger partial charge is 0.392 e. The minimum absolute atomic E-state index is 0.0934. The lowest BCUT2D eigenvalue weighted by atomic mass is 10.2. The summed E-state index contributed by atoms with van der Waals surface area (Å²) in [5, 5.41) is 9.54. The molecule has 0 aromatic heterocycles. The standard InChI is InChI=1S/C15H18O2S2/c16-10-13-8-14(9-15(13)18-6-7-19-15)17-11-12-4-2-1-3-5-12/h1-5,8,14,16H,6-7,9-11H2. The third-order valence-electron chi connectivity index (χ3n) is 3.58. The molecule has 1 heterocycles. The van der Waals surface area contributed by atoms with E-state index < -0.39 is 0 Å². The van der Waals surface area contributed by atoms with Gasteiger partial charge in [0, 0.05) is 17.9 Å². The molecule has 1 aromatic carbocycles. The van der Waals surface area contributed by atoms with E-state index in [1.54, 1.807) is 0 Å². The lowest BCUT2D eigenvalue weighted by Gasteiger charge is -2.25. The Morgan fingerprint density at radius 3 is 2.63 bits per heavy atom. The molecule has 1 aliphatic heterocycles. The van der Waals surface area contributed by atoms with Crippen molar-refractivity contribution in [2.75, 3.05) is 18.1 Å². The average Bonchev–Trinajstić information content (AvgIpc) is 3.06. The third kappa shape index (κ3) is 2.87. The number of aliphatic hydroxyl groups excluding tert-OH is 1. The van der Waals surface area contributed by atoms with Gasteiger partial charge in [0.1, 0.15) is 0 Å². The number of rotatable bonds is 4. The van der Waals surface area contributed by atoms with E-state index in [-0.39, 0.29) is 16.8 Å². The lowest BCUT2D eigenvalue weighted by molar-refractivity contribution is 0.0718. The van der Waals surface area contributed by atoms with Crippen LogP contribution in [0.15, 0.2) is 42.0 Å². The van der Waals surface area contributed by atoms with Crippen LogP contribution in [-0.2, 0) is 11.3 Å². The van der Waals surface area contributed by atoms with Gasteiger partial charge in [-0.1, -0.05) is 36.4 Å². The Kier molecular flexibility index (Phi) is 4.22. The van der Waals surface area contributed by atoms with Gasteiger partial charge in [0.15, 0.2) is 0 Å². The van der Waals surface area contributed by atoms with Crippen LogP contribution in [0, 0.1) is 0 Å². The second-order valence-corrected chi connectivity index (χ2v) is 7.89. The summed E-state index contributed by atoms with van der Waals surface area (Å²) in [7, 11) is 0. The Labute approximate surface area is 122 Å². The summed E-state index contributed by atoms with van der Waals surface area (Å²) in [6.45, 7) is 0.803. The first kappa shape index (κ1) is 13.6. The highest BCUT2D eigenvalue weighted by Crippen LogP contribution is 2.55. The molecule has 1 saturated heterocycles. The van der Waals surface area contributed by atoms with E-state index in [0.717, 1.165) is 12.0 Å². The fraction of sp³-hybridized carbons (Fsp3) is 0.467. The molecule has 19 heavy (non-hydrogen) atoms. The molecule has 1 fully saturated rings. The lowest BCUT2D eigenvalue weighted by Crippen LogP contribution is -2.21. The molecule has 2 aliphatic rings. The maximum absolute atomic E-state index is 9.54. The Hall–Kier alpha value is -0.420. The molecule has 2 nitrogen and oxygen atoms in total. The van der Waals surface area contributed by atoms with Crippen LogP contribution in [0.25, 0.3) is 0 Å². The molecular formula is C15H18O2S2. The predicted molar refractivity (Wildman–Crippen MR) is 82.5 cm³/mol. The molecule has 3 rings (SSSR count). The summed E-state index contributed by atoms with van der Waals surface area (Å²) < 4.78 is 6.09. The quantitative estimate of drug-likeness (QED) is 0.864. The molecule has 1 N–H and O–H groups in total. The number of thioether (sulfide) groups is 2. The van der Waals surface area contributed by atoms with Gasteiger partial charge in [0.2, 0.25) is 0 Å². The molecule has 4 heteroatoms. The molecular weight excluding hydrogens is 276 g/mol. The van der Waals surface area contributed by atoms with Crippen LogP contribution in [0.1, 0.15) is 12.0 Å². The van der Waals surface area contributed by atoms with E-state index in [2.05, 4.69) is 18.2 Å². The molecule has 1 aliphatic carbocycles. The zero-order valence-electron chi connectivity index (χ0n) is 10.7. The topological polar surface area (TPSA) is 29.5 Å². The smallest absolute Gasteiger partial charge is 0.0871 e. The molecule has 0 amide bonds. The summed E-state index contributed by atoms with van der Waals surface area (Å²) >= 11 is 3.93. The monoisotopic (exact) mass is 294 g/mol. The molecule has 0 saturated carbocycles. The fourth-order valence-corrected chi connectivity index (χ4v) is 5.98. The van der Waals surface area contributed by atoms with Crippen molar-refractivity contribution in [1.29, 1.82) is 0 Å². The van der Waals surface area contributed by atoms with Crippen LogP contribution < -0.4 is 0 Å². The minimum atomic E-state index is 0.0934. The Morgan fingerprint density at radius 1 is 1.21 bits per heavy atom. The van der Waals surface area contributed by atoms with Crippen LogP contribution in [0.3, 0.4) is 0 Å². The number of hydrogen-bond donors (Lipinski definition) is 1. The number of benzene rings is 1. The van der Waals surface area contributed by atoms with Crippen molar-refractivity contribution < 1.29 is 9.84 Å². The van der Waals surface area contributed by atoms with Gasteiger partial charge >= 0.3 is 0 Å². The van der Waals surface area contributed by atoms with E-state index >= 15 is 0 Å². The van der Waals surface area contributed by atoms with E-state index in [9.17, 15) is 5.11 Å². The normalized spacial score (nSPS) is 24.9. The molecule has 1 unspecified atom stereocenters. The van der Waals surface area contributed by atoms with Crippen LogP contribution in [0.5, 0.6) is 0 Å². The number of hydrogen-bond acceptors (Lipinski definition) is 4. The van der Waals surface area contributed by atoms with Crippen molar-refractivity contribution in [3.63, 3.8) is 0 Å². The van der Waals surface area contributed by atoms with Crippen LogP contribution >= 0.6 is 23.5 Å². The van der Waals surface area contributed by atoms with Crippen molar-refractivity contribution in [3.05, 3.63) is 47.5 Å². The molecule has 1 aromatic rings. The fourth-order valence-electron chi connectivity index (χ4n) is 2.62. The van der Waals surface area contributed by atoms with Gasteiger partial charge in [-0.15, -0.1) is 23.5 Å². The van der Waals surface area contributed by atoms with Crippen molar-refractivity contribution in [1.82, 2.24) is 0 Å². The van der Waals surface area contributed by atoms with Gasteiger partial charge in [-0.05, 0) is 11.1 Å². The van der Waals surface area contributed by atoms with Crippen LogP contribution in [0.2, 0.25) is 0 Å². The average molecular weight is 294 g/mol. The van der Waals surface area contributed by atoms with Crippen molar-refractivity contribution in [2.45, 2.75) is 23.2 Å². The highest BCUT2D eigenvalue weighted by Gasteiger charge is 2.45. The van der Waals surface area contributed by atoms with E-state index in [0.29, 0.717) is 6.61 Å². The first-order chi connectivity index (χ1) is 9.32. The molecule has 0 radical (unpaired) electrons. The zero-order valence-corrected chi connectivity index (χ0v) is 12.4. The third-order valence-corrected chi connectivity index (χ3v) is 7.15. The Balaban J connectivity index is 1.63. The van der Waals surface area contributed by atoms with E-state index in [1.165, 1.54) is 17.1 Å². The summed E-state index contributed by atoms with van der Waals surface area (Å²) in [6.07, 6.45) is 3.26. The summed E-state index contributed by atoms with van der Waals surface area (Å²) in [5.74, 6) is 2.35. The second kappa shape index (κ2) is 5.92. The maximum atomic E-state index is 9.54. The van der Waals surface area contributed by atoms with Gasteiger partial charge < -0.3 is 9.84 Å². The summed E-state index contributed by atoms with van der Waals surface area (Å²) in [6, 6.07) is 10.3. The van der Waals surface area contributed by atoms with Gasteiger partial charge in [-0.3, -0.25) is 0 Å². The predicted octanol–water partition coefficient (Wildman–Crippen LogP) is 3.07. The highest BCUT2D eigenvalue weighted by molar-refractivity contribution is 8.21. The van der Waals surface area contributed by atoms with Crippen molar-refractivity contribution >= 4 is 23.5 Å². The zero-order chi connectivity index (χ0) is 13.1. The first-order valence-corrected chi connectivity index (χ1v) is 8.55. The van der Waals surface area contributed by atoms with E-state index in [4.69, 9.17) is 4.74 Å². The van der Waals surface area contributed by atoms with Crippen molar-refractivity contribution in [2.24, 2.45) is 0 Å². The van der Waals surface area contributed by atoms with E-state index in [1.807, 2.05) is 41.7 Å². The van der Waals surface area contributed by atoms with Gasteiger partial charge in [0.05, 0.1) is 23.4 Å². The number of ether oxygens (including phenoxy) is 1. The molecule has 102 valence electrons.